The van der Waals surface area contributed by atoms with Gasteiger partial charge in [0.25, 0.3) is 0 Å². The zero-order valence-corrected chi connectivity index (χ0v) is 14.2. The molecule has 0 atom stereocenters. The second-order valence-corrected chi connectivity index (χ2v) is 6.61. The molecule has 0 N–H and O–H groups in total. The third kappa shape index (κ3) is 2.33. The van der Waals surface area contributed by atoms with Crippen LogP contribution in [0.4, 0.5) is 0 Å². The predicted octanol–water partition coefficient (Wildman–Crippen LogP) is 4.81. The first-order chi connectivity index (χ1) is 11.1. The lowest BCUT2D eigenvalue weighted by molar-refractivity contribution is 0.811. The van der Waals surface area contributed by atoms with Crippen LogP contribution in [0.2, 0.25) is 5.02 Å². The highest BCUT2D eigenvalue weighted by Gasteiger charge is 2.17. The molecule has 0 aliphatic heterocycles. The van der Waals surface area contributed by atoms with Crippen molar-refractivity contribution in [2.24, 2.45) is 0 Å². The summed E-state index contributed by atoms with van der Waals surface area (Å²) in [5.41, 5.74) is 4.03. The van der Waals surface area contributed by atoms with Crippen LogP contribution in [0.5, 0.6) is 0 Å². The highest BCUT2D eigenvalue weighted by molar-refractivity contribution is 7.17. The summed E-state index contributed by atoms with van der Waals surface area (Å²) in [6.45, 7) is 4.00. The lowest BCUT2D eigenvalue weighted by atomic mass is 10.1. The van der Waals surface area contributed by atoms with Crippen LogP contribution in [0.25, 0.3) is 27.2 Å². The largest absolute Gasteiger partial charge is 0.225 e. The molecule has 0 amide bonds. The molecule has 0 fully saturated rings. The van der Waals surface area contributed by atoms with Gasteiger partial charge < -0.3 is 0 Å². The molecule has 0 bridgehead atoms. The molecule has 3 aromatic heterocycles. The van der Waals surface area contributed by atoms with Gasteiger partial charge in [-0.1, -0.05) is 29.8 Å². The molecule has 23 heavy (non-hydrogen) atoms. The summed E-state index contributed by atoms with van der Waals surface area (Å²) < 4.78 is 1.87. The summed E-state index contributed by atoms with van der Waals surface area (Å²) in [4.78, 5) is 9.82. The van der Waals surface area contributed by atoms with Crippen molar-refractivity contribution < 1.29 is 0 Å². The van der Waals surface area contributed by atoms with Gasteiger partial charge in [0.2, 0.25) is 0 Å². The predicted molar refractivity (Wildman–Crippen MR) is 94.5 cm³/mol. The van der Waals surface area contributed by atoms with E-state index in [9.17, 15) is 0 Å². The van der Waals surface area contributed by atoms with Crippen LogP contribution in [0, 0.1) is 13.8 Å². The maximum atomic E-state index is 6.39. The molecule has 4 aromatic rings. The minimum Gasteiger partial charge on any atom is -0.225 e. The summed E-state index contributed by atoms with van der Waals surface area (Å²) in [5, 5.41) is 8.35. The summed E-state index contributed by atoms with van der Waals surface area (Å²) in [6.07, 6.45) is 1.58. The van der Waals surface area contributed by atoms with Crippen LogP contribution in [0.1, 0.15) is 11.4 Å². The van der Waals surface area contributed by atoms with Crippen molar-refractivity contribution in [3.05, 3.63) is 58.4 Å². The van der Waals surface area contributed by atoms with Crippen LogP contribution in [0.15, 0.2) is 42.0 Å². The van der Waals surface area contributed by atoms with Gasteiger partial charge in [-0.05, 0) is 26.0 Å². The first-order valence-corrected chi connectivity index (χ1v) is 8.41. The molecule has 0 radical (unpaired) electrons. The Morgan fingerprint density at radius 3 is 2.65 bits per heavy atom. The van der Waals surface area contributed by atoms with E-state index in [1.54, 1.807) is 17.7 Å². The van der Waals surface area contributed by atoms with Crippen LogP contribution in [-0.4, -0.2) is 19.7 Å². The molecule has 6 heteroatoms. The fraction of sp³-hybridized carbons (Fsp3) is 0.118. The van der Waals surface area contributed by atoms with E-state index in [0.29, 0.717) is 0 Å². The smallest absolute Gasteiger partial charge is 0.166 e. The molecule has 114 valence electrons. The van der Waals surface area contributed by atoms with Crippen molar-refractivity contribution >= 4 is 33.2 Å². The molecule has 3 heterocycles. The molecule has 0 aliphatic carbocycles. The number of benzene rings is 1. The number of nitrogens with zero attached hydrogens (tertiary/aromatic N) is 4. The average molecular weight is 341 g/mol. The Hall–Kier alpha value is -2.24. The summed E-state index contributed by atoms with van der Waals surface area (Å²) in [5.74, 6) is 0.789. The first kappa shape index (κ1) is 14.4. The van der Waals surface area contributed by atoms with E-state index in [1.165, 1.54) is 0 Å². The number of hydrogen-bond donors (Lipinski definition) is 0. The van der Waals surface area contributed by atoms with Crippen LogP contribution in [0.3, 0.4) is 0 Å². The Kier molecular flexibility index (Phi) is 3.39. The fourth-order valence-electron chi connectivity index (χ4n) is 2.74. The molecule has 4 rings (SSSR count). The van der Waals surface area contributed by atoms with Crippen LogP contribution < -0.4 is 0 Å². The number of thiophene rings is 1. The summed E-state index contributed by atoms with van der Waals surface area (Å²) in [6, 6.07) is 9.86. The number of halogens is 1. The second kappa shape index (κ2) is 5.44. The van der Waals surface area contributed by atoms with E-state index in [0.717, 1.165) is 43.6 Å². The van der Waals surface area contributed by atoms with E-state index in [4.69, 9.17) is 11.6 Å². The molecule has 4 nitrogen and oxygen atoms in total. The van der Waals surface area contributed by atoms with Gasteiger partial charge in [0.15, 0.2) is 5.82 Å². The van der Waals surface area contributed by atoms with Gasteiger partial charge in [-0.2, -0.15) is 5.10 Å². The van der Waals surface area contributed by atoms with Crippen molar-refractivity contribution in [2.75, 3.05) is 0 Å². The molecule has 1 aromatic carbocycles. The molecule has 0 saturated heterocycles. The number of rotatable bonds is 2. The monoisotopic (exact) mass is 340 g/mol. The van der Waals surface area contributed by atoms with Gasteiger partial charge in [-0.15, -0.1) is 11.3 Å². The highest BCUT2D eigenvalue weighted by atomic mass is 35.5. The van der Waals surface area contributed by atoms with E-state index in [-0.39, 0.29) is 0 Å². The molecule has 0 unspecified atom stereocenters. The Bertz CT molecular complexity index is 1020. The summed E-state index contributed by atoms with van der Waals surface area (Å²) >= 11 is 7.98. The Labute approximate surface area is 142 Å². The quantitative estimate of drug-likeness (QED) is 0.525. The second-order valence-electron chi connectivity index (χ2n) is 5.35. The van der Waals surface area contributed by atoms with Crippen LogP contribution >= 0.6 is 22.9 Å². The van der Waals surface area contributed by atoms with Gasteiger partial charge in [-0.25, -0.2) is 14.6 Å². The van der Waals surface area contributed by atoms with E-state index >= 15 is 0 Å². The maximum absolute atomic E-state index is 6.39. The lowest BCUT2D eigenvalue weighted by Crippen LogP contribution is -2.03. The molecule has 0 saturated carbocycles. The number of aromatic nitrogens is 4. The topological polar surface area (TPSA) is 43.6 Å². The number of hydrogen-bond acceptors (Lipinski definition) is 4. The van der Waals surface area contributed by atoms with Gasteiger partial charge >= 0.3 is 0 Å². The lowest BCUT2D eigenvalue weighted by Gasteiger charge is -2.08. The molecular formula is C17H13ClN4S. The summed E-state index contributed by atoms with van der Waals surface area (Å²) in [7, 11) is 0. The molecule has 0 aliphatic rings. The minimum absolute atomic E-state index is 0.718. The SMILES string of the molecule is Cc1cc(C)n(-c2ncnc3scc(-c4ccccc4Cl)c23)n1. The van der Waals surface area contributed by atoms with Crippen LogP contribution in [-0.2, 0) is 0 Å². The Morgan fingerprint density at radius 2 is 1.91 bits per heavy atom. The first-order valence-electron chi connectivity index (χ1n) is 7.16. The van der Waals surface area contributed by atoms with E-state index in [1.807, 2.05) is 48.9 Å². The van der Waals surface area contributed by atoms with E-state index in [2.05, 4.69) is 20.4 Å². The van der Waals surface area contributed by atoms with Crippen molar-refractivity contribution in [1.29, 1.82) is 0 Å². The Balaban J connectivity index is 2.06. The number of aryl methyl sites for hydroxylation is 2. The van der Waals surface area contributed by atoms with Gasteiger partial charge in [0.05, 0.1) is 11.1 Å². The third-order valence-electron chi connectivity index (χ3n) is 3.72. The van der Waals surface area contributed by atoms with Gasteiger partial charge in [-0.3, -0.25) is 0 Å². The minimum atomic E-state index is 0.718. The maximum Gasteiger partial charge on any atom is 0.166 e. The highest BCUT2D eigenvalue weighted by Crippen LogP contribution is 2.38. The molecular weight excluding hydrogens is 328 g/mol. The normalized spacial score (nSPS) is 11.3. The van der Waals surface area contributed by atoms with Gasteiger partial charge in [0, 0.05) is 27.2 Å². The van der Waals surface area contributed by atoms with Gasteiger partial charge in [0.1, 0.15) is 11.2 Å². The third-order valence-corrected chi connectivity index (χ3v) is 4.94. The standard InChI is InChI=1S/C17H13ClN4S/c1-10-7-11(2)22(21-10)16-15-13(8-23-17(15)20-9-19-16)12-5-3-4-6-14(12)18/h3-9H,1-2H3. The van der Waals surface area contributed by atoms with Crippen molar-refractivity contribution in [3.63, 3.8) is 0 Å². The van der Waals surface area contributed by atoms with Crippen molar-refractivity contribution in [3.8, 4) is 16.9 Å². The van der Waals surface area contributed by atoms with E-state index < -0.39 is 0 Å². The fourth-order valence-corrected chi connectivity index (χ4v) is 3.88. The van der Waals surface area contributed by atoms with Crippen molar-refractivity contribution in [2.45, 2.75) is 13.8 Å². The Morgan fingerprint density at radius 1 is 1.09 bits per heavy atom. The zero-order valence-electron chi connectivity index (χ0n) is 12.6. The molecule has 0 spiro atoms. The van der Waals surface area contributed by atoms with Crippen molar-refractivity contribution in [1.82, 2.24) is 19.7 Å². The zero-order chi connectivity index (χ0) is 16.0. The number of fused-ring (bicyclic) bond motifs is 1. The average Bonchev–Trinajstić information content (AvgIpc) is 3.11.